The van der Waals surface area contributed by atoms with Crippen LogP contribution in [0.25, 0.3) is 0 Å². The van der Waals surface area contributed by atoms with Crippen molar-refractivity contribution in [1.82, 2.24) is 0 Å². The van der Waals surface area contributed by atoms with Crippen LogP contribution in [0.4, 0.5) is 0 Å². The van der Waals surface area contributed by atoms with Crippen molar-refractivity contribution >= 4 is 11.8 Å². The maximum absolute atomic E-state index is 11.9. The van der Waals surface area contributed by atoms with Gasteiger partial charge in [0.15, 0.2) is 5.78 Å². The van der Waals surface area contributed by atoms with E-state index >= 15 is 0 Å². The Morgan fingerprint density at radius 1 is 1.67 bits per heavy atom. The lowest BCUT2D eigenvalue weighted by molar-refractivity contribution is 0.0522. The summed E-state index contributed by atoms with van der Waals surface area (Å²) in [5.74, 6) is -0.475. The van der Waals surface area contributed by atoms with Crippen LogP contribution in [-0.2, 0) is 10.2 Å². The highest BCUT2D eigenvalue weighted by atomic mass is 16.5. The van der Waals surface area contributed by atoms with Gasteiger partial charge in [-0.2, -0.15) is 5.26 Å². The number of ketones is 1. The second kappa shape index (κ2) is 4.30. The summed E-state index contributed by atoms with van der Waals surface area (Å²) in [6.07, 6.45) is 1.86. The van der Waals surface area contributed by atoms with Gasteiger partial charge in [0, 0.05) is 6.42 Å². The van der Waals surface area contributed by atoms with E-state index in [-0.39, 0.29) is 35.7 Å². The molecule has 1 unspecified atom stereocenters. The molecule has 0 aliphatic heterocycles. The second-order valence-corrected chi connectivity index (χ2v) is 4.44. The van der Waals surface area contributed by atoms with Gasteiger partial charge >= 0.3 is 5.97 Å². The fraction of sp³-hybridized carbons (Fsp3) is 0.462. The van der Waals surface area contributed by atoms with Gasteiger partial charge in [0.05, 0.1) is 18.2 Å². The minimum atomic E-state index is -0.853. The van der Waals surface area contributed by atoms with E-state index in [1.54, 1.807) is 13.8 Å². The normalized spacial score (nSPS) is 22.2. The van der Waals surface area contributed by atoms with Gasteiger partial charge in [-0.15, -0.1) is 0 Å². The summed E-state index contributed by atoms with van der Waals surface area (Å²) in [6.45, 7) is 3.62. The van der Waals surface area contributed by atoms with Gasteiger partial charge in [-0.05, 0) is 20.3 Å². The van der Waals surface area contributed by atoms with Crippen molar-refractivity contribution in [3.8, 4) is 6.07 Å². The molecule has 0 aromatic carbocycles. The van der Waals surface area contributed by atoms with E-state index < -0.39 is 11.4 Å². The quantitative estimate of drug-likeness (QED) is 0.748. The first-order valence-corrected chi connectivity index (χ1v) is 5.77. The number of carbonyl (C=O) groups excluding carboxylic acids is 2. The fourth-order valence-corrected chi connectivity index (χ4v) is 2.11. The second-order valence-electron chi connectivity index (χ2n) is 4.44. The van der Waals surface area contributed by atoms with Gasteiger partial charge in [0.2, 0.25) is 0 Å². The van der Waals surface area contributed by atoms with Crippen molar-refractivity contribution in [3.63, 3.8) is 0 Å². The van der Waals surface area contributed by atoms with E-state index in [0.29, 0.717) is 6.42 Å². The lowest BCUT2D eigenvalue weighted by Gasteiger charge is -2.24. The maximum atomic E-state index is 11.9. The van der Waals surface area contributed by atoms with Crippen LogP contribution >= 0.6 is 0 Å². The average molecular weight is 247 g/mol. The molecule has 2 rings (SSSR count). The third kappa shape index (κ3) is 1.70. The van der Waals surface area contributed by atoms with Gasteiger partial charge < -0.3 is 9.15 Å². The van der Waals surface area contributed by atoms with Crippen LogP contribution in [0, 0.1) is 11.3 Å². The Morgan fingerprint density at radius 2 is 2.39 bits per heavy atom. The Hall–Kier alpha value is -2.09. The van der Waals surface area contributed by atoms with Crippen molar-refractivity contribution in [2.45, 2.75) is 32.1 Å². The molecule has 0 saturated heterocycles. The molecular weight excluding hydrogens is 234 g/mol. The summed E-state index contributed by atoms with van der Waals surface area (Å²) >= 11 is 0. The van der Waals surface area contributed by atoms with Crippen LogP contribution in [0.3, 0.4) is 0 Å². The maximum Gasteiger partial charge on any atom is 0.342 e. The molecule has 5 heteroatoms. The van der Waals surface area contributed by atoms with Crippen LogP contribution in [-0.4, -0.2) is 18.4 Å². The third-order valence-corrected chi connectivity index (χ3v) is 3.17. The number of rotatable bonds is 2. The zero-order valence-electron chi connectivity index (χ0n) is 10.3. The summed E-state index contributed by atoms with van der Waals surface area (Å²) in [6, 6.07) is 2.14. The molecule has 0 fully saturated rings. The van der Waals surface area contributed by atoms with Crippen molar-refractivity contribution < 1.29 is 18.7 Å². The van der Waals surface area contributed by atoms with Crippen LogP contribution in [0.1, 0.15) is 53.2 Å². The van der Waals surface area contributed by atoms with E-state index in [9.17, 15) is 14.9 Å². The Balaban J connectivity index is 2.54. The zero-order chi connectivity index (χ0) is 13.3. The summed E-state index contributed by atoms with van der Waals surface area (Å²) in [4.78, 5) is 23.6. The first-order chi connectivity index (χ1) is 8.53. The number of nitriles is 1. The Labute approximate surface area is 104 Å². The molecule has 1 heterocycles. The van der Waals surface area contributed by atoms with Gasteiger partial charge in [0.25, 0.3) is 0 Å². The number of fused-ring (bicyclic) bond motifs is 1. The topological polar surface area (TPSA) is 80.3 Å². The number of esters is 1. The SMILES string of the molecule is CCOC(=O)c1coc2c1C(=O)CCC2(C)C#N. The van der Waals surface area contributed by atoms with Crippen LogP contribution < -0.4 is 0 Å². The Bertz CT molecular complexity index is 552. The molecule has 0 amide bonds. The zero-order valence-corrected chi connectivity index (χ0v) is 10.3. The number of Topliss-reactive ketones (excluding diaryl/α,β-unsaturated/α-hetero) is 1. The van der Waals surface area contributed by atoms with Gasteiger partial charge in [0.1, 0.15) is 23.0 Å². The predicted molar refractivity (Wildman–Crippen MR) is 61.2 cm³/mol. The molecule has 0 bridgehead atoms. The monoisotopic (exact) mass is 247 g/mol. The number of hydrogen-bond acceptors (Lipinski definition) is 5. The average Bonchev–Trinajstić information content (AvgIpc) is 2.81. The van der Waals surface area contributed by atoms with Gasteiger partial charge in [-0.1, -0.05) is 0 Å². The van der Waals surface area contributed by atoms with E-state index in [2.05, 4.69) is 6.07 Å². The minimum absolute atomic E-state index is 0.123. The standard InChI is InChI=1S/C13H13NO4/c1-3-17-12(16)8-6-18-11-10(8)9(15)4-5-13(11,2)7-14/h6H,3-5H2,1-2H3. The molecule has 1 aliphatic rings. The fourth-order valence-electron chi connectivity index (χ4n) is 2.11. The van der Waals surface area contributed by atoms with Gasteiger partial charge in [-0.25, -0.2) is 4.79 Å². The molecule has 94 valence electrons. The van der Waals surface area contributed by atoms with E-state index in [1.807, 2.05) is 0 Å². The van der Waals surface area contributed by atoms with Crippen molar-refractivity contribution in [3.05, 3.63) is 23.2 Å². The number of carbonyl (C=O) groups is 2. The molecule has 1 aromatic heterocycles. The van der Waals surface area contributed by atoms with E-state index in [0.717, 1.165) is 0 Å². The first kappa shape index (κ1) is 12.4. The smallest absolute Gasteiger partial charge is 0.342 e. The number of hydrogen-bond donors (Lipinski definition) is 0. The largest absolute Gasteiger partial charge is 0.466 e. The minimum Gasteiger partial charge on any atom is -0.466 e. The highest BCUT2D eigenvalue weighted by Crippen LogP contribution is 2.39. The summed E-state index contributed by atoms with van der Waals surface area (Å²) in [5, 5.41) is 9.20. The Morgan fingerprint density at radius 3 is 3.00 bits per heavy atom. The first-order valence-electron chi connectivity index (χ1n) is 5.77. The van der Waals surface area contributed by atoms with Gasteiger partial charge in [-0.3, -0.25) is 4.79 Å². The van der Waals surface area contributed by atoms with Crippen molar-refractivity contribution in [2.75, 3.05) is 6.61 Å². The number of furan rings is 1. The highest BCUT2D eigenvalue weighted by Gasteiger charge is 2.42. The molecular formula is C13H13NO4. The third-order valence-electron chi connectivity index (χ3n) is 3.17. The molecule has 0 saturated carbocycles. The Kier molecular flexibility index (Phi) is 2.95. The van der Waals surface area contributed by atoms with E-state index in [1.165, 1.54) is 6.26 Å². The molecule has 1 aliphatic carbocycles. The highest BCUT2D eigenvalue weighted by molar-refractivity contribution is 6.08. The van der Waals surface area contributed by atoms with Crippen molar-refractivity contribution in [1.29, 1.82) is 5.26 Å². The molecule has 0 spiro atoms. The van der Waals surface area contributed by atoms with E-state index in [4.69, 9.17) is 9.15 Å². The molecule has 1 atom stereocenters. The number of ether oxygens (including phenoxy) is 1. The summed E-state index contributed by atoms with van der Waals surface area (Å²) < 4.78 is 10.2. The van der Waals surface area contributed by atoms with Crippen LogP contribution in [0.15, 0.2) is 10.7 Å². The van der Waals surface area contributed by atoms with Crippen LogP contribution in [0.2, 0.25) is 0 Å². The summed E-state index contributed by atoms with van der Waals surface area (Å²) in [5.41, 5.74) is -0.518. The summed E-state index contributed by atoms with van der Waals surface area (Å²) in [7, 11) is 0. The van der Waals surface area contributed by atoms with Crippen molar-refractivity contribution in [2.24, 2.45) is 0 Å². The number of nitrogens with zero attached hydrogens (tertiary/aromatic N) is 1. The molecule has 0 radical (unpaired) electrons. The predicted octanol–water partition coefficient (Wildman–Crippen LogP) is 2.21. The lowest BCUT2D eigenvalue weighted by atomic mass is 9.75. The van der Waals surface area contributed by atoms with Crippen LogP contribution in [0.5, 0.6) is 0 Å². The molecule has 18 heavy (non-hydrogen) atoms. The molecule has 5 nitrogen and oxygen atoms in total. The molecule has 0 N–H and O–H groups in total. The lowest BCUT2D eigenvalue weighted by Crippen LogP contribution is -2.28. The molecule has 1 aromatic rings.